The van der Waals surface area contributed by atoms with Crippen LogP contribution in [0.3, 0.4) is 0 Å². The summed E-state index contributed by atoms with van der Waals surface area (Å²) in [5, 5.41) is 9.55. The van der Waals surface area contributed by atoms with Crippen molar-refractivity contribution in [2.75, 3.05) is 13.1 Å². The zero-order valence-corrected chi connectivity index (χ0v) is 10.9. The molecule has 18 heavy (non-hydrogen) atoms. The van der Waals surface area contributed by atoms with Crippen molar-refractivity contribution in [2.24, 2.45) is 0 Å². The summed E-state index contributed by atoms with van der Waals surface area (Å²) in [6, 6.07) is 8.30. The van der Waals surface area contributed by atoms with Crippen LogP contribution in [0.1, 0.15) is 30.4 Å². The molecule has 1 aliphatic heterocycles. The summed E-state index contributed by atoms with van der Waals surface area (Å²) in [4.78, 5) is 13.8. The average molecular weight is 247 g/mol. The number of aryl methyl sites for hydroxylation is 2. The summed E-state index contributed by atoms with van der Waals surface area (Å²) in [5.41, 5.74) is 2.44. The maximum Gasteiger partial charge on any atom is 0.222 e. The number of likely N-dealkylation sites (tertiary alicyclic amines) is 1. The minimum Gasteiger partial charge on any atom is -0.391 e. The fourth-order valence-electron chi connectivity index (χ4n) is 2.35. The van der Waals surface area contributed by atoms with E-state index in [9.17, 15) is 9.90 Å². The second-order valence-electron chi connectivity index (χ2n) is 5.12. The molecule has 3 heteroatoms. The maximum atomic E-state index is 12.0. The Balaban J connectivity index is 1.82. The molecule has 1 N–H and O–H groups in total. The van der Waals surface area contributed by atoms with Gasteiger partial charge in [-0.25, -0.2) is 0 Å². The van der Waals surface area contributed by atoms with E-state index in [1.807, 2.05) is 0 Å². The van der Waals surface area contributed by atoms with Crippen LogP contribution in [-0.2, 0) is 11.2 Å². The predicted molar refractivity (Wildman–Crippen MR) is 71.3 cm³/mol. The van der Waals surface area contributed by atoms with Gasteiger partial charge in [-0.1, -0.05) is 29.8 Å². The normalized spacial score (nSPS) is 19.9. The number of hydrogen-bond acceptors (Lipinski definition) is 2. The highest BCUT2D eigenvalue weighted by molar-refractivity contribution is 5.76. The van der Waals surface area contributed by atoms with Crippen molar-refractivity contribution >= 4 is 5.91 Å². The molecule has 1 heterocycles. The minimum absolute atomic E-state index is 0.161. The number of nitrogens with zero attached hydrogens (tertiary/aromatic N) is 1. The van der Waals surface area contributed by atoms with E-state index in [1.165, 1.54) is 11.1 Å². The van der Waals surface area contributed by atoms with Gasteiger partial charge >= 0.3 is 0 Å². The van der Waals surface area contributed by atoms with Gasteiger partial charge < -0.3 is 10.0 Å². The molecule has 0 radical (unpaired) electrons. The first-order chi connectivity index (χ1) is 8.65. The van der Waals surface area contributed by atoms with Gasteiger partial charge in [0.05, 0.1) is 6.10 Å². The lowest BCUT2D eigenvalue weighted by Crippen LogP contribution is -2.42. The third-order valence-corrected chi connectivity index (χ3v) is 3.50. The van der Waals surface area contributed by atoms with Gasteiger partial charge in [0.15, 0.2) is 0 Å². The Labute approximate surface area is 108 Å². The summed E-state index contributed by atoms with van der Waals surface area (Å²) in [7, 11) is 0. The van der Waals surface area contributed by atoms with Gasteiger partial charge in [0.1, 0.15) is 0 Å². The average Bonchev–Trinajstić information content (AvgIpc) is 2.38. The second kappa shape index (κ2) is 6.01. The standard InChI is InChI=1S/C15H21NO2/c1-12-4-6-13(7-5-12)8-9-15(18)16-10-2-3-14(17)11-16/h4-7,14,17H,2-3,8-11H2,1H3. The van der Waals surface area contributed by atoms with Crippen LogP contribution in [0.4, 0.5) is 0 Å². The number of rotatable bonds is 3. The van der Waals surface area contributed by atoms with Crippen molar-refractivity contribution in [1.29, 1.82) is 0 Å². The van der Waals surface area contributed by atoms with E-state index in [0.717, 1.165) is 25.8 Å². The van der Waals surface area contributed by atoms with Crippen LogP contribution in [0.15, 0.2) is 24.3 Å². The summed E-state index contributed by atoms with van der Waals surface area (Å²) < 4.78 is 0. The Morgan fingerprint density at radius 2 is 2.11 bits per heavy atom. The predicted octanol–water partition coefficient (Wildman–Crippen LogP) is 1.91. The number of piperidine rings is 1. The van der Waals surface area contributed by atoms with Crippen molar-refractivity contribution in [3.8, 4) is 0 Å². The molecule has 2 rings (SSSR count). The molecular weight excluding hydrogens is 226 g/mol. The van der Waals surface area contributed by atoms with Gasteiger partial charge in [-0.15, -0.1) is 0 Å². The Bertz CT molecular complexity index is 399. The van der Waals surface area contributed by atoms with Gasteiger partial charge in [0.25, 0.3) is 0 Å². The van der Waals surface area contributed by atoms with Crippen LogP contribution in [0, 0.1) is 6.92 Å². The van der Waals surface area contributed by atoms with Crippen LogP contribution in [-0.4, -0.2) is 35.1 Å². The zero-order valence-electron chi connectivity index (χ0n) is 10.9. The van der Waals surface area contributed by atoms with Crippen LogP contribution in [0.2, 0.25) is 0 Å². The van der Waals surface area contributed by atoms with Crippen LogP contribution >= 0.6 is 0 Å². The summed E-state index contributed by atoms with van der Waals surface area (Å²) in [6.45, 7) is 3.36. The highest BCUT2D eigenvalue weighted by Crippen LogP contribution is 2.12. The molecule has 0 aromatic heterocycles. The molecule has 0 saturated carbocycles. The number of hydrogen-bond donors (Lipinski definition) is 1. The van der Waals surface area contributed by atoms with E-state index in [-0.39, 0.29) is 12.0 Å². The quantitative estimate of drug-likeness (QED) is 0.886. The molecular formula is C15H21NO2. The lowest BCUT2D eigenvalue weighted by atomic mass is 10.1. The molecule has 1 atom stereocenters. The summed E-state index contributed by atoms with van der Waals surface area (Å²) in [6.07, 6.45) is 2.72. The van der Waals surface area contributed by atoms with Crippen molar-refractivity contribution in [1.82, 2.24) is 4.90 Å². The Morgan fingerprint density at radius 1 is 1.39 bits per heavy atom. The molecule has 1 amide bonds. The smallest absolute Gasteiger partial charge is 0.222 e. The first kappa shape index (κ1) is 13.1. The van der Waals surface area contributed by atoms with Crippen LogP contribution in [0.5, 0.6) is 0 Å². The van der Waals surface area contributed by atoms with E-state index in [2.05, 4.69) is 31.2 Å². The monoisotopic (exact) mass is 247 g/mol. The largest absolute Gasteiger partial charge is 0.391 e. The lowest BCUT2D eigenvalue weighted by Gasteiger charge is -2.30. The first-order valence-corrected chi connectivity index (χ1v) is 6.66. The number of aliphatic hydroxyl groups excluding tert-OH is 1. The Hall–Kier alpha value is -1.35. The topological polar surface area (TPSA) is 40.5 Å². The second-order valence-corrected chi connectivity index (χ2v) is 5.12. The van der Waals surface area contributed by atoms with E-state index in [1.54, 1.807) is 4.90 Å². The highest BCUT2D eigenvalue weighted by atomic mass is 16.3. The molecule has 1 saturated heterocycles. The molecule has 1 aliphatic rings. The van der Waals surface area contributed by atoms with Gasteiger partial charge in [-0.3, -0.25) is 4.79 Å². The summed E-state index contributed by atoms with van der Waals surface area (Å²) in [5.74, 6) is 0.161. The Morgan fingerprint density at radius 3 is 2.78 bits per heavy atom. The van der Waals surface area contributed by atoms with E-state index >= 15 is 0 Å². The van der Waals surface area contributed by atoms with Gasteiger partial charge in [-0.2, -0.15) is 0 Å². The molecule has 0 bridgehead atoms. The third kappa shape index (κ3) is 3.57. The van der Waals surface area contributed by atoms with Crippen molar-refractivity contribution in [2.45, 2.75) is 38.7 Å². The highest BCUT2D eigenvalue weighted by Gasteiger charge is 2.21. The van der Waals surface area contributed by atoms with E-state index in [0.29, 0.717) is 13.0 Å². The van der Waals surface area contributed by atoms with Gasteiger partial charge in [0, 0.05) is 19.5 Å². The minimum atomic E-state index is -0.331. The van der Waals surface area contributed by atoms with E-state index in [4.69, 9.17) is 0 Å². The van der Waals surface area contributed by atoms with Crippen LogP contribution in [0.25, 0.3) is 0 Å². The molecule has 1 fully saturated rings. The number of carbonyl (C=O) groups is 1. The third-order valence-electron chi connectivity index (χ3n) is 3.50. The molecule has 3 nitrogen and oxygen atoms in total. The number of benzene rings is 1. The number of amides is 1. The van der Waals surface area contributed by atoms with E-state index < -0.39 is 0 Å². The lowest BCUT2D eigenvalue weighted by molar-refractivity contribution is -0.134. The van der Waals surface area contributed by atoms with Crippen molar-refractivity contribution < 1.29 is 9.90 Å². The van der Waals surface area contributed by atoms with Crippen LogP contribution < -0.4 is 0 Å². The number of carbonyl (C=O) groups excluding carboxylic acids is 1. The van der Waals surface area contributed by atoms with Gasteiger partial charge in [0.2, 0.25) is 5.91 Å². The molecule has 0 aliphatic carbocycles. The first-order valence-electron chi connectivity index (χ1n) is 6.66. The van der Waals surface area contributed by atoms with Crippen molar-refractivity contribution in [3.05, 3.63) is 35.4 Å². The molecule has 0 spiro atoms. The maximum absolute atomic E-state index is 12.0. The number of aliphatic hydroxyl groups is 1. The molecule has 1 unspecified atom stereocenters. The fourth-order valence-corrected chi connectivity index (χ4v) is 2.35. The number of β-amino-alcohol motifs (C(OH)–C–C–N with tert-alkyl or cyclic N) is 1. The summed E-state index contributed by atoms with van der Waals surface area (Å²) >= 11 is 0. The van der Waals surface area contributed by atoms with Crippen molar-refractivity contribution in [3.63, 3.8) is 0 Å². The molecule has 98 valence electrons. The molecule has 1 aromatic carbocycles. The molecule has 1 aromatic rings. The SMILES string of the molecule is Cc1ccc(CCC(=O)N2CCCC(O)C2)cc1. The zero-order chi connectivity index (χ0) is 13.0. The fraction of sp³-hybridized carbons (Fsp3) is 0.533. The van der Waals surface area contributed by atoms with Gasteiger partial charge in [-0.05, 0) is 31.7 Å². The Kier molecular flexibility index (Phi) is 4.37.